The second-order valence-corrected chi connectivity index (χ2v) is 5.26. The monoisotopic (exact) mass is 252 g/mol. The molecule has 0 saturated carbocycles. The van der Waals surface area contributed by atoms with Gasteiger partial charge in [-0.15, -0.1) is 0 Å². The number of hydrogen-bond acceptors (Lipinski definition) is 3. The number of likely N-dealkylation sites (N-methyl/N-ethyl adjacent to an activating group) is 2. The number of aryl methyl sites for hydroxylation is 1. The van der Waals surface area contributed by atoms with Crippen molar-refractivity contribution in [1.82, 2.24) is 9.80 Å². The standard InChI is InChI=1S/C14H21FN2O/c1-10-8-11(4-5-12(10)15)14(18)13-9-16(2)6-7-17(13)3/h4-5,8,13-14,18H,6-7,9H2,1-3H3. The van der Waals surface area contributed by atoms with Gasteiger partial charge in [0, 0.05) is 19.6 Å². The van der Waals surface area contributed by atoms with Crippen LogP contribution in [0.2, 0.25) is 0 Å². The molecule has 1 saturated heterocycles. The summed E-state index contributed by atoms with van der Waals surface area (Å²) < 4.78 is 13.2. The Kier molecular flexibility index (Phi) is 4.00. The van der Waals surface area contributed by atoms with Crippen molar-refractivity contribution < 1.29 is 9.50 Å². The van der Waals surface area contributed by atoms with E-state index in [2.05, 4.69) is 16.8 Å². The van der Waals surface area contributed by atoms with Crippen LogP contribution >= 0.6 is 0 Å². The van der Waals surface area contributed by atoms with Crippen LogP contribution in [0.15, 0.2) is 18.2 Å². The first-order valence-electron chi connectivity index (χ1n) is 6.32. The van der Waals surface area contributed by atoms with Crippen LogP contribution in [0.5, 0.6) is 0 Å². The van der Waals surface area contributed by atoms with Crippen LogP contribution in [0, 0.1) is 12.7 Å². The Morgan fingerprint density at radius 3 is 2.72 bits per heavy atom. The molecule has 0 aromatic heterocycles. The molecule has 1 N–H and O–H groups in total. The number of halogens is 1. The van der Waals surface area contributed by atoms with Gasteiger partial charge in [-0.1, -0.05) is 12.1 Å². The highest BCUT2D eigenvalue weighted by atomic mass is 19.1. The lowest BCUT2D eigenvalue weighted by atomic mass is 9.98. The number of piperazine rings is 1. The van der Waals surface area contributed by atoms with E-state index >= 15 is 0 Å². The number of hydrogen-bond donors (Lipinski definition) is 1. The molecule has 0 radical (unpaired) electrons. The topological polar surface area (TPSA) is 26.7 Å². The largest absolute Gasteiger partial charge is 0.387 e. The first kappa shape index (κ1) is 13.5. The van der Waals surface area contributed by atoms with E-state index in [0.29, 0.717) is 5.56 Å². The zero-order chi connectivity index (χ0) is 13.3. The molecule has 1 aliphatic heterocycles. The highest BCUT2D eigenvalue weighted by molar-refractivity contribution is 5.26. The maximum Gasteiger partial charge on any atom is 0.126 e. The molecule has 1 aromatic rings. The molecule has 2 atom stereocenters. The van der Waals surface area contributed by atoms with E-state index in [1.165, 1.54) is 6.07 Å². The minimum absolute atomic E-state index is 0.0635. The smallest absolute Gasteiger partial charge is 0.126 e. The number of benzene rings is 1. The molecule has 3 nitrogen and oxygen atoms in total. The van der Waals surface area contributed by atoms with Crippen molar-refractivity contribution in [2.24, 2.45) is 0 Å². The zero-order valence-corrected chi connectivity index (χ0v) is 11.2. The predicted octanol–water partition coefficient (Wildman–Crippen LogP) is 1.41. The minimum Gasteiger partial charge on any atom is -0.387 e. The highest BCUT2D eigenvalue weighted by Crippen LogP contribution is 2.24. The fourth-order valence-corrected chi connectivity index (χ4v) is 2.46. The second kappa shape index (κ2) is 5.34. The Bertz CT molecular complexity index is 424. The van der Waals surface area contributed by atoms with Crippen LogP contribution in [-0.4, -0.2) is 54.7 Å². The van der Waals surface area contributed by atoms with Gasteiger partial charge >= 0.3 is 0 Å². The van der Waals surface area contributed by atoms with Crippen molar-refractivity contribution in [1.29, 1.82) is 0 Å². The molecule has 0 aliphatic carbocycles. The summed E-state index contributed by atoms with van der Waals surface area (Å²) in [5.41, 5.74) is 1.37. The highest BCUT2D eigenvalue weighted by Gasteiger charge is 2.29. The predicted molar refractivity (Wildman–Crippen MR) is 70.0 cm³/mol. The fraction of sp³-hybridized carbons (Fsp3) is 0.571. The second-order valence-electron chi connectivity index (χ2n) is 5.26. The summed E-state index contributed by atoms with van der Waals surface area (Å²) in [6, 6.07) is 4.91. The maximum absolute atomic E-state index is 13.2. The summed E-state index contributed by atoms with van der Waals surface area (Å²) in [7, 11) is 4.08. The average Bonchev–Trinajstić information content (AvgIpc) is 2.35. The van der Waals surface area contributed by atoms with E-state index in [9.17, 15) is 9.50 Å². The maximum atomic E-state index is 13.2. The Hall–Kier alpha value is -0.970. The van der Waals surface area contributed by atoms with Crippen LogP contribution in [0.3, 0.4) is 0 Å². The number of nitrogens with zero attached hydrogens (tertiary/aromatic N) is 2. The molecule has 1 aliphatic rings. The van der Waals surface area contributed by atoms with Gasteiger partial charge in [-0.25, -0.2) is 4.39 Å². The molecule has 0 amide bonds. The van der Waals surface area contributed by atoms with Crippen LogP contribution in [0.25, 0.3) is 0 Å². The Balaban J connectivity index is 2.18. The van der Waals surface area contributed by atoms with Crippen molar-refractivity contribution in [2.45, 2.75) is 19.1 Å². The molecule has 2 unspecified atom stereocenters. The number of rotatable bonds is 2. The summed E-state index contributed by atoms with van der Waals surface area (Å²) in [5, 5.41) is 10.5. The van der Waals surface area contributed by atoms with Gasteiger partial charge in [0.05, 0.1) is 12.1 Å². The molecule has 1 heterocycles. The quantitative estimate of drug-likeness (QED) is 0.862. The Labute approximate surface area is 108 Å². The number of aliphatic hydroxyl groups is 1. The molecule has 100 valence electrons. The minimum atomic E-state index is -0.572. The van der Waals surface area contributed by atoms with Crippen LogP contribution in [-0.2, 0) is 0 Å². The van der Waals surface area contributed by atoms with Gasteiger partial charge in [-0.3, -0.25) is 4.90 Å². The molecule has 2 rings (SSSR count). The van der Waals surface area contributed by atoms with Gasteiger partial charge in [0.15, 0.2) is 0 Å². The van der Waals surface area contributed by atoms with Crippen LogP contribution < -0.4 is 0 Å². The average molecular weight is 252 g/mol. The van der Waals surface area contributed by atoms with E-state index in [0.717, 1.165) is 25.2 Å². The summed E-state index contributed by atoms with van der Waals surface area (Å²) in [5.74, 6) is -0.222. The third-order valence-corrected chi connectivity index (χ3v) is 3.79. The van der Waals surface area contributed by atoms with Crippen molar-refractivity contribution in [3.05, 3.63) is 35.1 Å². The van der Waals surface area contributed by atoms with Gasteiger partial charge in [0.1, 0.15) is 5.82 Å². The molecule has 4 heteroatoms. The molecule has 0 bridgehead atoms. The normalized spacial score (nSPS) is 24.2. The summed E-state index contributed by atoms with van der Waals surface area (Å²) in [6.07, 6.45) is -0.572. The van der Waals surface area contributed by atoms with E-state index in [4.69, 9.17) is 0 Å². The Morgan fingerprint density at radius 2 is 2.06 bits per heavy atom. The van der Waals surface area contributed by atoms with Crippen LogP contribution in [0.1, 0.15) is 17.2 Å². The molecule has 1 fully saturated rings. The third-order valence-electron chi connectivity index (χ3n) is 3.79. The third kappa shape index (κ3) is 2.71. The molecule has 0 spiro atoms. The molecular formula is C14H21FN2O. The van der Waals surface area contributed by atoms with Crippen molar-refractivity contribution in [2.75, 3.05) is 33.7 Å². The molecule has 1 aromatic carbocycles. The van der Waals surface area contributed by atoms with E-state index in [-0.39, 0.29) is 11.9 Å². The Morgan fingerprint density at radius 1 is 1.33 bits per heavy atom. The molecule has 18 heavy (non-hydrogen) atoms. The SMILES string of the molecule is Cc1cc(C(O)C2CN(C)CCN2C)ccc1F. The van der Waals surface area contributed by atoms with Crippen molar-refractivity contribution >= 4 is 0 Å². The van der Waals surface area contributed by atoms with Crippen molar-refractivity contribution in [3.8, 4) is 0 Å². The van der Waals surface area contributed by atoms with Gasteiger partial charge < -0.3 is 10.0 Å². The first-order valence-corrected chi connectivity index (χ1v) is 6.32. The first-order chi connectivity index (χ1) is 8.49. The lowest BCUT2D eigenvalue weighted by Crippen LogP contribution is -2.52. The van der Waals surface area contributed by atoms with Gasteiger partial charge in [0.2, 0.25) is 0 Å². The lowest BCUT2D eigenvalue weighted by Gasteiger charge is -2.40. The van der Waals surface area contributed by atoms with Gasteiger partial charge in [-0.05, 0) is 38.2 Å². The van der Waals surface area contributed by atoms with E-state index < -0.39 is 6.10 Å². The van der Waals surface area contributed by atoms with Crippen molar-refractivity contribution in [3.63, 3.8) is 0 Å². The van der Waals surface area contributed by atoms with Gasteiger partial charge in [0.25, 0.3) is 0 Å². The summed E-state index contributed by atoms with van der Waals surface area (Å²) >= 11 is 0. The molecular weight excluding hydrogens is 231 g/mol. The van der Waals surface area contributed by atoms with E-state index in [1.807, 2.05) is 7.05 Å². The lowest BCUT2D eigenvalue weighted by molar-refractivity contribution is 0.0138. The summed E-state index contributed by atoms with van der Waals surface area (Å²) in [6.45, 7) is 4.51. The van der Waals surface area contributed by atoms with Crippen LogP contribution in [0.4, 0.5) is 4.39 Å². The fourth-order valence-electron chi connectivity index (χ4n) is 2.46. The summed E-state index contributed by atoms with van der Waals surface area (Å²) in [4.78, 5) is 4.38. The van der Waals surface area contributed by atoms with Gasteiger partial charge in [-0.2, -0.15) is 0 Å². The number of aliphatic hydroxyl groups excluding tert-OH is 1. The zero-order valence-electron chi connectivity index (χ0n) is 11.2. The van der Waals surface area contributed by atoms with E-state index in [1.54, 1.807) is 19.1 Å².